The van der Waals surface area contributed by atoms with Crippen molar-refractivity contribution in [1.82, 2.24) is 0 Å². The van der Waals surface area contributed by atoms with Crippen LogP contribution in [0.1, 0.15) is 12.8 Å². The van der Waals surface area contributed by atoms with E-state index in [2.05, 4.69) is 0 Å². The van der Waals surface area contributed by atoms with E-state index in [1.165, 1.54) is 0 Å². The zero-order chi connectivity index (χ0) is 12.2. The second kappa shape index (κ2) is 4.71. The predicted molar refractivity (Wildman–Crippen MR) is 42.8 cm³/mol. The molecule has 0 aliphatic carbocycles. The topological polar surface area (TPSA) is 152 Å². The molecule has 0 bridgehead atoms. The maximum Gasteiger partial charge on any atom is 0.364 e. The molecule has 86 valence electrons. The Labute approximate surface area is 83.4 Å². The average Bonchev–Trinajstić information content (AvgIpc) is 2.01. The van der Waals surface area contributed by atoms with Crippen LogP contribution in [0.15, 0.2) is 0 Å². The predicted octanol–water partition coefficient (Wildman–Crippen LogP) is -1.68. The molecule has 0 heterocycles. The third-order valence-electron chi connectivity index (χ3n) is 1.64. The van der Waals surface area contributed by atoms with Crippen LogP contribution in [0.4, 0.5) is 0 Å². The molecule has 5 N–H and O–H groups in total. The van der Waals surface area contributed by atoms with Crippen LogP contribution < -0.4 is 0 Å². The molecule has 0 aromatic heterocycles. The van der Waals surface area contributed by atoms with Gasteiger partial charge in [0.05, 0.1) is 12.3 Å². The summed E-state index contributed by atoms with van der Waals surface area (Å²) in [6.07, 6.45) is -1.98. The van der Waals surface area contributed by atoms with Gasteiger partial charge in [-0.25, -0.2) is 4.79 Å². The lowest BCUT2D eigenvalue weighted by molar-refractivity contribution is -0.210. The highest BCUT2D eigenvalue weighted by Crippen LogP contribution is 2.18. The highest BCUT2D eigenvalue weighted by Gasteiger charge is 2.39. The Morgan fingerprint density at radius 2 is 1.53 bits per heavy atom. The molecule has 0 saturated heterocycles. The van der Waals surface area contributed by atoms with Crippen LogP contribution in [0.5, 0.6) is 0 Å². The zero-order valence-corrected chi connectivity index (χ0v) is 7.45. The number of hydrogen-bond donors (Lipinski definition) is 5. The van der Waals surface area contributed by atoms with Gasteiger partial charge in [0.1, 0.15) is 0 Å². The minimum Gasteiger partial charge on any atom is -0.481 e. The molecule has 0 aromatic rings. The quantitative estimate of drug-likeness (QED) is 0.334. The normalized spacial score (nSPS) is 13.2. The van der Waals surface area contributed by atoms with Crippen LogP contribution in [0.25, 0.3) is 0 Å². The molecule has 0 amide bonds. The van der Waals surface area contributed by atoms with Gasteiger partial charge in [0, 0.05) is 6.42 Å². The first kappa shape index (κ1) is 13.3. The second-order valence-corrected chi connectivity index (χ2v) is 2.96. The van der Waals surface area contributed by atoms with Gasteiger partial charge >= 0.3 is 17.9 Å². The summed E-state index contributed by atoms with van der Waals surface area (Å²) in [6.45, 7) is 0. The summed E-state index contributed by atoms with van der Waals surface area (Å²) in [5.74, 6) is -10.0. The fourth-order valence-corrected chi connectivity index (χ4v) is 0.888. The van der Waals surface area contributed by atoms with Gasteiger partial charge in [0.2, 0.25) is 0 Å². The largest absolute Gasteiger partial charge is 0.481 e. The van der Waals surface area contributed by atoms with Crippen LogP contribution in [0, 0.1) is 5.92 Å². The number of hydrogen-bond acceptors (Lipinski definition) is 5. The molecule has 0 aromatic carbocycles. The number of carbonyl (C=O) groups is 3. The standard InChI is InChI=1S/C7H10O8/c8-4(9)1-3(5(10)11)2-7(14,15)6(12)13/h3,14-15H,1-2H2,(H,8,9)(H,10,11)(H,12,13). The first-order chi connectivity index (χ1) is 6.66. The maximum absolute atomic E-state index is 10.5. The monoisotopic (exact) mass is 222 g/mol. The summed E-state index contributed by atoms with van der Waals surface area (Å²) in [5.41, 5.74) is 0. The van der Waals surface area contributed by atoms with Gasteiger partial charge < -0.3 is 25.5 Å². The minimum absolute atomic E-state index is 0.883. The van der Waals surface area contributed by atoms with Crippen molar-refractivity contribution >= 4 is 17.9 Å². The van der Waals surface area contributed by atoms with Crippen molar-refractivity contribution in [2.24, 2.45) is 5.92 Å². The van der Waals surface area contributed by atoms with Crippen molar-refractivity contribution < 1.29 is 39.9 Å². The van der Waals surface area contributed by atoms with E-state index in [9.17, 15) is 14.4 Å². The molecule has 15 heavy (non-hydrogen) atoms. The van der Waals surface area contributed by atoms with Crippen LogP contribution in [0.3, 0.4) is 0 Å². The Bertz CT molecular complexity index is 281. The summed E-state index contributed by atoms with van der Waals surface area (Å²) in [6, 6.07) is 0. The first-order valence-corrected chi connectivity index (χ1v) is 3.79. The first-order valence-electron chi connectivity index (χ1n) is 3.79. The number of aliphatic carboxylic acids is 3. The van der Waals surface area contributed by atoms with Crippen LogP contribution in [-0.4, -0.2) is 49.2 Å². The lowest BCUT2D eigenvalue weighted by atomic mass is 9.96. The summed E-state index contributed by atoms with van der Waals surface area (Å²) in [4.78, 5) is 30.9. The van der Waals surface area contributed by atoms with E-state index in [0.717, 1.165) is 0 Å². The van der Waals surface area contributed by atoms with Crippen LogP contribution >= 0.6 is 0 Å². The third-order valence-corrected chi connectivity index (χ3v) is 1.64. The molecule has 0 radical (unpaired) electrons. The summed E-state index contributed by atoms with van der Waals surface area (Å²) in [7, 11) is 0. The van der Waals surface area contributed by atoms with Crippen molar-refractivity contribution in [2.45, 2.75) is 18.6 Å². The third kappa shape index (κ3) is 4.38. The molecule has 1 atom stereocenters. The summed E-state index contributed by atoms with van der Waals surface area (Å²) in [5, 5.41) is 42.7. The smallest absolute Gasteiger partial charge is 0.364 e. The second-order valence-electron chi connectivity index (χ2n) is 2.96. The van der Waals surface area contributed by atoms with Gasteiger partial charge in [-0.05, 0) is 0 Å². The lowest BCUT2D eigenvalue weighted by Gasteiger charge is -2.19. The van der Waals surface area contributed by atoms with Crippen molar-refractivity contribution in [3.8, 4) is 0 Å². The highest BCUT2D eigenvalue weighted by atomic mass is 16.5. The van der Waals surface area contributed by atoms with Crippen LogP contribution in [-0.2, 0) is 14.4 Å². The molecule has 0 aliphatic rings. The van der Waals surface area contributed by atoms with E-state index in [4.69, 9.17) is 25.5 Å². The minimum atomic E-state index is -3.24. The fraction of sp³-hybridized carbons (Fsp3) is 0.571. The molecule has 0 saturated carbocycles. The lowest BCUT2D eigenvalue weighted by Crippen LogP contribution is -2.42. The van der Waals surface area contributed by atoms with Crippen molar-refractivity contribution in [3.05, 3.63) is 0 Å². The number of aliphatic hydroxyl groups is 2. The molecular formula is C7H10O8. The molecule has 0 rings (SSSR count). The average molecular weight is 222 g/mol. The molecule has 8 heteroatoms. The van der Waals surface area contributed by atoms with Gasteiger partial charge in [-0.2, -0.15) is 0 Å². The van der Waals surface area contributed by atoms with Gasteiger partial charge in [-0.3, -0.25) is 9.59 Å². The van der Waals surface area contributed by atoms with Crippen molar-refractivity contribution in [1.29, 1.82) is 0 Å². The maximum atomic E-state index is 10.5. The highest BCUT2D eigenvalue weighted by molar-refractivity contribution is 5.80. The van der Waals surface area contributed by atoms with E-state index in [-0.39, 0.29) is 0 Å². The molecule has 1 unspecified atom stereocenters. The number of carboxylic acid groups (broad SMARTS) is 3. The van der Waals surface area contributed by atoms with E-state index in [1.54, 1.807) is 0 Å². The number of rotatable bonds is 6. The molecule has 8 nitrogen and oxygen atoms in total. The Kier molecular flexibility index (Phi) is 4.19. The van der Waals surface area contributed by atoms with Gasteiger partial charge in [0.25, 0.3) is 5.79 Å². The Balaban J connectivity index is 4.61. The van der Waals surface area contributed by atoms with Crippen molar-refractivity contribution in [2.75, 3.05) is 0 Å². The molecule has 0 spiro atoms. The Morgan fingerprint density at radius 1 is 1.07 bits per heavy atom. The Morgan fingerprint density at radius 3 is 1.80 bits per heavy atom. The van der Waals surface area contributed by atoms with Crippen molar-refractivity contribution in [3.63, 3.8) is 0 Å². The van der Waals surface area contributed by atoms with E-state index in [1.807, 2.05) is 0 Å². The molecule has 0 fully saturated rings. The summed E-state index contributed by atoms with van der Waals surface area (Å²) >= 11 is 0. The van der Waals surface area contributed by atoms with Gasteiger partial charge in [0.15, 0.2) is 0 Å². The van der Waals surface area contributed by atoms with E-state index >= 15 is 0 Å². The van der Waals surface area contributed by atoms with E-state index in [0.29, 0.717) is 0 Å². The van der Waals surface area contributed by atoms with Gasteiger partial charge in [-0.15, -0.1) is 0 Å². The van der Waals surface area contributed by atoms with E-state index < -0.39 is 42.5 Å². The molecular weight excluding hydrogens is 212 g/mol. The zero-order valence-electron chi connectivity index (χ0n) is 7.45. The SMILES string of the molecule is O=C(O)CC(CC(O)(O)C(=O)O)C(=O)O. The fourth-order valence-electron chi connectivity index (χ4n) is 0.888. The summed E-state index contributed by atoms with van der Waals surface area (Å²) < 4.78 is 0. The molecule has 0 aliphatic heterocycles. The van der Waals surface area contributed by atoms with Crippen LogP contribution in [0.2, 0.25) is 0 Å². The number of carboxylic acids is 3. The Hall–Kier alpha value is -1.67. The van der Waals surface area contributed by atoms with Gasteiger partial charge in [-0.1, -0.05) is 0 Å².